The van der Waals surface area contributed by atoms with Crippen molar-refractivity contribution in [1.29, 1.82) is 0 Å². The van der Waals surface area contributed by atoms with E-state index in [0.29, 0.717) is 12.6 Å². The molecule has 3 heteroatoms. The summed E-state index contributed by atoms with van der Waals surface area (Å²) in [6.07, 6.45) is 2.11. The Balaban J connectivity index is 1.95. The van der Waals surface area contributed by atoms with Gasteiger partial charge in [-0.05, 0) is 42.6 Å². The number of benzene rings is 1. The van der Waals surface area contributed by atoms with E-state index in [1.165, 1.54) is 11.6 Å². The van der Waals surface area contributed by atoms with Crippen LogP contribution in [0.25, 0.3) is 0 Å². The molecular weight excluding hydrogens is 193 g/mol. The van der Waals surface area contributed by atoms with Crippen LogP contribution >= 0.6 is 0 Å². The topological polar surface area (TPSA) is 21.3 Å². The van der Waals surface area contributed by atoms with Gasteiger partial charge in [0.05, 0.1) is 12.7 Å². The summed E-state index contributed by atoms with van der Waals surface area (Å²) in [7, 11) is 0. The van der Waals surface area contributed by atoms with Gasteiger partial charge in [-0.25, -0.2) is 4.39 Å². The third-order valence-electron chi connectivity index (χ3n) is 3.31. The van der Waals surface area contributed by atoms with E-state index in [-0.39, 0.29) is 11.9 Å². The zero-order valence-electron chi connectivity index (χ0n) is 8.50. The lowest BCUT2D eigenvalue weighted by Crippen LogP contribution is -2.48. The van der Waals surface area contributed by atoms with Crippen LogP contribution in [0.5, 0.6) is 0 Å². The molecule has 0 aliphatic carbocycles. The summed E-state index contributed by atoms with van der Waals surface area (Å²) in [5.74, 6) is -0.143. The van der Waals surface area contributed by atoms with Crippen molar-refractivity contribution in [3.05, 3.63) is 35.1 Å². The molecule has 0 bridgehead atoms. The fraction of sp³-hybridized carbons (Fsp3) is 0.500. The molecule has 1 N–H and O–H groups in total. The third kappa shape index (κ3) is 1.56. The molecule has 0 amide bonds. The summed E-state index contributed by atoms with van der Waals surface area (Å²) < 4.78 is 18.8. The molecule has 15 heavy (non-hydrogen) atoms. The molecule has 0 radical (unpaired) electrons. The van der Waals surface area contributed by atoms with Crippen LogP contribution < -0.4 is 5.32 Å². The fourth-order valence-corrected chi connectivity index (χ4v) is 2.36. The van der Waals surface area contributed by atoms with Gasteiger partial charge in [-0.15, -0.1) is 0 Å². The van der Waals surface area contributed by atoms with Crippen LogP contribution in [-0.2, 0) is 11.2 Å². The van der Waals surface area contributed by atoms with Gasteiger partial charge >= 0.3 is 0 Å². The van der Waals surface area contributed by atoms with E-state index >= 15 is 0 Å². The molecule has 2 nitrogen and oxygen atoms in total. The highest BCUT2D eigenvalue weighted by atomic mass is 19.1. The number of halogens is 1. The first-order valence-corrected chi connectivity index (χ1v) is 5.48. The van der Waals surface area contributed by atoms with E-state index in [9.17, 15) is 4.39 Å². The van der Waals surface area contributed by atoms with Gasteiger partial charge in [0.1, 0.15) is 5.82 Å². The van der Waals surface area contributed by atoms with E-state index in [1.807, 2.05) is 6.07 Å². The molecule has 1 aromatic carbocycles. The lowest BCUT2D eigenvalue weighted by Gasteiger charge is -2.38. The second-order valence-electron chi connectivity index (χ2n) is 4.23. The molecule has 0 saturated carbocycles. The summed E-state index contributed by atoms with van der Waals surface area (Å²) >= 11 is 0. The first-order valence-electron chi connectivity index (χ1n) is 5.48. The minimum Gasteiger partial charge on any atom is -0.372 e. The van der Waals surface area contributed by atoms with Gasteiger partial charge in [-0.2, -0.15) is 0 Å². The van der Waals surface area contributed by atoms with Crippen molar-refractivity contribution in [2.75, 3.05) is 13.2 Å². The van der Waals surface area contributed by atoms with Crippen LogP contribution in [0.1, 0.15) is 23.7 Å². The molecule has 1 unspecified atom stereocenters. The van der Waals surface area contributed by atoms with Crippen molar-refractivity contribution in [1.82, 2.24) is 5.32 Å². The highest BCUT2D eigenvalue weighted by molar-refractivity contribution is 5.33. The molecule has 3 rings (SSSR count). The minimum absolute atomic E-state index is 0.128. The van der Waals surface area contributed by atoms with Crippen molar-refractivity contribution in [2.24, 2.45) is 0 Å². The molecule has 1 aromatic rings. The molecule has 80 valence electrons. The fourth-order valence-electron chi connectivity index (χ4n) is 2.36. The van der Waals surface area contributed by atoms with E-state index in [2.05, 4.69) is 5.32 Å². The van der Waals surface area contributed by atoms with E-state index in [1.54, 1.807) is 6.07 Å². The average molecular weight is 207 g/mol. The molecule has 0 spiro atoms. The molecule has 2 aliphatic rings. The van der Waals surface area contributed by atoms with Gasteiger partial charge in [0.15, 0.2) is 0 Å². The molecule has 2 aliphatic heterocycles. The number of ether oxygens (including phenoxy) is 1. The lowest BCUT2D eigenvalue weighted by molar-refractivity contribution is -0.00159. The SMILES string of the molecule is Fc1ccc2c(c1)CCO[C@@H]2C1CCN1. The first kappa shape index (κ1) is 9.31. The Kier molecular flexibility index (Phi) is 2.22. The predicted molar refractivity (Wildman–Crippen MR) is 55.2 cm³/mol. The monoisotopic (exact) mass is 207 g/mol. The molecule has 1 saturated heterocycles. The Morgan fingerprint density at radius 3 is 3.00 bits per heavy atom. The number of nitrogens with one attached hydrogen (secondary N) is 1. The van der Waals surface area contributed by atoms with Gasteiger partial charge in [0.2, 0.25) is 0 Å². The summed E-state index contributed by atoms with van der Waals surface area (Å²) in [6, 6.07) is 5.46. The van der Waals surface area contributed by atoms with Crippen LogP contribution in [0.3, 0.4) is 0 Å². The van der Waals surface area contributed by atoms with E-state index in [0.717, 1.165) is 24.9 Å². The second-order valence-corrected chi connectivity index (χ2v) is 4.23. The standard InChI is InChI=1S/C12H14FNO/c13-9-1-2-10-8(7-9)4-6-15-12(10)11-3-5-14-11/h1-2,7,11-12,14H,3-6H2/t11?,12-/m0/s1. The highest BCUT2D eigenvalue weighted by Gasteiger charge is 2.32. The highest BCUT2D eigenvalue weighted by Crippen LogP contribution is 2.33. The van der Waals surface area contributed by atoms with Gasteiger partial charge < -0.3 is 10.1 Å². The van der Waals surface area contributed by atoms with E-state index < -0.39 is 0 Å². The largest absolute Gasteiger partial charge is 0.372 e. The summed E-state index contributed by atoms with van der Waals surface area (Å²) in [5.41, 5.74) is 2.28. The molecule has 2 heterocycles. The zero-order valence-corrected chi connectivity index (χ0v) is 8.50. The number of hydrogen-bond acceptors (Lipinski definition) is 2. The zero-order chi connectivity index (χ0) is 10.3. The van der Waals surface area contributed by atoms with Gasteiger partial charge in [-0.3, -0.25) is 0 Å². The minimum atomic E-state index is -0.143. The Morgan fingerprint density at radius 2 is 2.27 bits per heavy atom. The van der Waals surface area contributed by atoms with Crippen LogP contribution in [0, 0.1) is 5.82 Å². The van der Waals surface area contributed by atoms with Crippen LogP contribution in [-0.4, -0.2) is 19.2 Å². The second kappa shape index (κ2) is 3.58. The van der Waals surface area contributed by atoms with Crippen LogP contribution in [0.4, 0.5) is 4.39 Å². The Hall–Kier alpha value is -0.930. The number of fused-ring (bicyclic) bond motifs is 1. The maximum atomic E-state index is 13.1. The first-order chi connectivity index (χ1) is 7.34. The van der Waals surface area contributed by atoms with Crippen LogP contribution in [0.15, 0.2) is 18.2 Å². The molecule has 1 fully saturated rings. The van der Waals surface area contributed by atoms with Crippen molar-refractivity contribution in [3.8, 4) is 0 Å². The van der Waals surface area contributed by atoms with Gasteiger partial charge in [0.25, 0.3) is 0 Å². The van der Waals surface area contributed by atoms with E-state index in [4.69, 9.17) is 4.74 Å². The smallest absolute Gasteiger partial charge is 0.123 e. The van der Waals surface area contributed by atoms with Gasteiger partial charge in [-0.1, -0.05) is 6.07 Å². The van der Waals surface area contributed by atoms with Crippen molar-refractivity contribution < 1.29 is 9.13 Å². The Bertz CT molecular complexity index is 376. The lowest BCUT2D eigenvalue weighted by atomic mass is 9.89. The van der Waals surface area contributed by atoms with Crippen molar-refractivity contribution in [2.45, 2.75) is 25.0 Å². The summed E-state index contributed by atoms with van der Waals surface area (Å²) in [4.78, 5) is 0. The number of hydrogen-bond donors (Lipinski definition) is 1. The summed E-state index contributed by atoms with van der Waals surface area (Å²) in [5, 5.41) is 3.35. The summed E-state index contributed by atoms with van der Waals surface area (Å²) in [6.45, 7) is 1.78. The average Bonchev–Trinajstić information content (AvgIpc) is 2.15. The van der Waals surface area contributed by atoms with Crippen molar-refractivity contribution >= 4 is 0 Å². The Morgan fingerprint density at radius 1 is 1.40 bits per heavy atom. The number of rotatable bonds is 1. The molecule has 2 atom stereocenters. The quantitative estimate of drug-likeness (QED) is 0.758. The predicted octanol–water partition coefficient (Wildman–Crippen LogP) is 1.80. The van der Waals surface area contributed by atoms with Crippen molar-refractivity contribution in [3.63, 3.8) is 0 Å². The van der Waals surface area contributed by atoms with Gasteiger partial charge in [0, 0.05) is 6.04 Å². The van der Waals surface area contributed by atoms with Crippen LogP contribution in [0.2, 0.25) is 0 Å². The maximum absolute atomic E-state index is 13.1. The third-order valence-corrected chi connectivity index (χ3v) is 3.31. The molecule has 0 aromatic heterocycles. The normalized spacial score (nSPS) is 29.4. The molecular formula is C12H14FNO. The maximum Gasteiger partial charge on any atom is 0.123 e. The Labute approximate surface area is 88.4 Å².